The van der Waals surface area contributed by atoms with E-state index >= 15 is 0 Å². The number of hydrogen-bond donors (Lipinski definition) is 1. The number of nitrogens with one attached hydrogen (secondary N) is 1. The second-order valence-corrected chi connectivity index (χ2v) is 7.14. The van der Waals surface area contributed by atoms with Crippen LogP contribution in [0, 0.1) is 5.82 Å². The van der Waals surface area contributed by atoms with E-state index in [0.717, 1.165) is 10.6 Å². The van der Waals surface area contributed by atoms with E-state index < -0.39 is 11.7 Å². The van der Waals surface area contributed by atoms with Gasteiger partial charge < -0.3 is 5.32 Å². The minimum atomic E-state index is -0.511. The summed E-state index contributed by atoms with van der Waals surface area (Å²) in [4.78, 5) is 12.1. The molecule has 1 aromatic heterocycles. The van der Waals surface area contributed by atoms with Crippen molar-refractivity contribution in [2.75, 3.05) is 5.32 Å². The zero-order chi connectivity index (χ0) is 17.8. The van der Waals surface area contributed by atoms with Gasteiger partial charge in [-0.1, -0.05) is 52.7 Å². The summed E-state index contributed by atoms with van der Waals surface area (Å²) in [7, 11) is 0. The first-order chi connectivity index (χ1) is 12.0. The van der Waals surface area contributed by atoms with E-state index in [1.807, 2.05) is 12.1 Å². The Labute approximate surface area is 157 Å². The second kappa shape index (κ2) is 7.91. The molecule has 0 aliphatic rings. The van der Waals surface area contributed by atoms with Crippen LogP contribution in [0.25, 0.3) is 0 Å². The molecule has 0 unspecified atom stereocenters. The average molecular weight is 396 g/mol. The Balaban J connectivity index is 1.63. The lowest BCUT2D eigenvalue weighted by Crippen LogP contribution is -2.15. The number of aromatic nitrogens is 2. The highest BCUT2D eigenvalue weighted by Gasteiger charge is 2.14. The first kappa shape index (κ1) is 17.8. The van der Waals surface area contributed by atoms with Gasteiger partial charge >= 0.3 is 0 Å². The van der Waals surface area contributed by atoms with Gasteiger partial charge in [0.05, 0.1) is 6.42 Å². The number of rotatable bonds is 5. The molecule has 0 spiro atoms. The Kier molecular flexibility index (Phi) is 5.63. The van der Waals surface area contributed by atoms with Crippen LogP contribution in [0.1, 0.15) is 16.1 Å². The smallest absolute Gasteiger partial charge is 0.230 e. The number of hydrogen-bond acceptors (Lipinski definition) is 4. The lowest BCUT2D eigenvalue weighted by atomic mass is 10.1. The van der Waals surface area contributed by atoms with Gasteiger partial charge in [-0.15, -0.1) is 10.2 Å². The first-order valence-corrected chi connectivity index (χ1v) is 8.88. The summed E-state index contributed by atoms with van der Waals surface area (Å²) < 4.78 is 13.7. The van der Waals surface area contributed by atoms with Gasteiger partial charge in [-0.3, -0.25) is 4.79 Å². The van der Waals surface area contributed by atoms with Crippen LogP contribution >= 0.6 is 34.5 Å². The summed E-state index contributed by atoms with van der Waals surface area (Å²) in [6.45, 7) is 0. The largest absolute Gasteiger partial charge is 0.300 e. The fourth-order valence-electron chi connectivity index (χ4n) is 2.18. The zero-order valence-electron chi connectivity index (χ0n) is 12.8. The standard InChI is InChI=1S/C17H12Cl2FN3OS/c18-11-6-4-10(5-7-11)8-16-22-23-17(25-16)21-15(24)9-12-13(19)2-1-3-14(12)20/h1-7H,8-9H2,(H,21,23,24). The van der Waals surface area contributed by atoms with Gasteiger partial charge in [-0.05, 0) is 29.8 Å². The Morgan fingerprint density at radius 2 is 1.88 bits per heavy atom. The van der Waals surface area contributed by atoms with Crippen LogP contribution in [-0.2, 0) is 17.6 Å². The molecule has 2 aromatic carbocycles. The Hall–Kier alpha value is -2.02. The molecule has 0 radical (unpaired) electrons. The summed E-state index contributed by atoms with van der Waals surface area (Å²) in [6.07, 6.45) is 0.418. The topological polar surface area (TPSA) is 54.9 Å². The molecule has 1 heterocycles. The van der Waals surface area contributed by atoms with E-state index in [4.69, 9.17) is 23.2 Å². The van der Waals surface area contributed by atoms with Crippen molar-refractivity contribution in [3.63, 3.8) is 0 Å². The van der Waals surface area contributed by atoms with Crippen LogP contribution < -0.4 is 5.32 Å². The molecule has 1 N–H and O–H groups in total. The number of halogens is 3. The van der Waals surface area contributed by atoms with E-state index in [1.54, 1.807) is 18.2 Å². The van der Waals surface area contributed by atoms with Crippen LogP contribution in [-0.4, -0.2) is 16.1 Å². The number of amides is 1. The van der Waals surface area contributed by atoms with Crippen molar-refractivity contribution in [2.45, 2.75) is 12.8 Å². The van der Waals surface area contributed by atoms with Gasteiger partial charge in [0.15, 0.2) is 0 Å². The van der Waals surface area contributed by atoms with Crippen molar-refractivity contribution in [3.8, 4) is 0 Å². The molecule has 128 valence electrons. The van der Waals surface area contributed by atoms with Crippen LogP contribution in [0.3, 0.4) is 0 Å². The number of benzene rings is 2. The van der Waals surface area contributed by atoms with E-state index in [-0.39, 0.29) is 17.0 Å². The second-order valence-electron chi connectivity index (χ2n) is 5.23. The minimum absolute atomic E-state index is 0.160. The van der Waals surface area contributed by atoms with Crippen LogP contribution in [0.2, 0.25) is 10.0 Å². The van der Waals surface area contributed by atoms with Gasteiger partial charge in [-0.2, -0.15) is 0 Å². The number of carbonyl (C=O) groups excluding carboxylic acids is 1. The lowest BCUT2D eigenvalue weighted by Gasteiger charge is -2.05. The number of carbonyl (C=O) groups is 1. The number of nitrogens with zero attached hydrogens (tertiary/aromatic N) is 2. The predicted molar refractivity (Wildman–Crippen MR) is 97.9 cm³/mol. The fraction of sp³-hybridized carbons (Fsp3) is 0.118. The highest BCUT2D eigenvalue weighted by molar-refractivity contribution is 7.15. The maximum absolute atomic E-state index is 13.7. The third-order valence-electron chi connectivity index (χ3n) is 3.38. The summed E-state index contributed by atoms with van der Waals surface area (Å²) in [5.41, 5.74) is 1.20. The summed E-state index contributed by atoms with van der Waals surface area (Å²) in [5.74, 6) is -0.912. The Morgan fingerprint density at radius 1 is 1.12 bits per heavy atom. The van der Waals surface area contributed by atoms with E-state index in [2.05, 4.69) is 15.5 Å². The van der Waals surface area contributed by atoms with E-state index in [9.17, 15) is 9.18 Å². The highest BCUT2D eigenvalue weighted by Crippen LogP contribution is 2.22. The molecule has 3 rings (SSSR count). The van der Waals surface area contributed by atoms with Crippen molar-refractivity contribution < 1.29 is 9.18 Å². The van der Waals surface area contributed by atoms with E-state index in [1.165, 1.54) is 23.5 Å². The predicted octanol–water partition coefficient (Wildman–Crippen LogP) is 4.76. The van der Waals surface area contributed by atoms with Crippen molar-refractivity contribution in [3.05, 3.63) is 74.5 Å². The molecule has 0 saturated heterocycles. The third kappa shape index (κ3) is 4.75. The van der Waals surface area contributed by atoms with Crippen LogP contribution in [0.15, 0.2) is 42.5 Å². The monoisotopic (exact) mass is 395 g/mol. The van der Waals surface area contributed by atoms with Crippen molar-refractivity contribution in [2.24, 2.45) is 0 Å². The van der Waals surface area contributed by atoms with Gasteiger partial charge in [0.2, 0.25) is 11.0 Å². The molecule has 4 nitrogen and oxygen atoms in total. The molecule has 8 heteroatoms. The Morgan fingerprint density at radius 3 is 2.60 bits per heavy atom. The van der Waals surface area contributed by atoms with Crippen molar-refractivity contribution in [1.82, 2.24) is 10.2 Å². The zero-order valence-corrected chi connectivity index (χ0v) is 15.1. The van der Waals surface area contributed by atoms with Gasteiger partial charge in [-0.25, -0.2) is 4.39 Å². The molecule has 0 fully saturated rings. The quantitative estimate of drug-likeness (QED) is 0.677. The SMILES string of the molecule is O=C(Cc1c(F)cccc1Cl)Nc1nnc(Cc2ccc(Cl)cc2)s1. The lowest BCUT2D eigenvalue weighted by molar-refractivity contribution is -0.115. The molecule has 0 saturated carbocycles. The highest BCUT2D eigenvalue weighted by atomic mass is 35.5. The van der Waals surface area contributed by atoms with E-state index in [0.29, 0.717) is 16.6 Å². The first-order valence-electron chi connectivity index (χ1n) is 7.31. The Bertz CT molecular complexity index is 879. The molecular weight excluding hydrogens is 384 g/mol. The van der Waals surface area contributed by atoms with Gasteiger partial charge in [0.25, 0.3) is 0 Å². The average Bonchev–Trinajstić information content (AvgIpc) is 3.00. The minimum Gasteiger partial charge on any atom is -0.300 e. The van der Waals surface area contributed by atoms with Crippen molar-refractivity contribution in [1.29, 1.82) is 0 Å². The summed E-state index contributed by atoms with van der Waals surface area (Å²) in [6, 6.07) is 11.7. The maximum atomic E-state index is 13.7. The molecule has 0 aliphatic carbocycles. The van der Waals surface area contributed by atoms with Gasteiger partial charge in [0, 0.05) is 22.0 Å². The molecule has 1 amide bonds. The number of anilines is 1. The normalized spacial score (nSPS) is 10.7. The van der Waals surface area contributed by atoms with Crippen LogP contribution in [0.4, 0.5) is 9.52 Å². The molecule has 25 heavy (non-hydrogen) atoms. The summed E-state index contributed by atoms with van der Waals surface area (Å²) in [5, 5.41) is 12.6. The summed E-state index contributed by atoms with van der Waals surface area (Å²) >= 11 is 13.0. The molecule has 0 aliphatic heterocycles. The fourth-order valence-corrected chi connectivity index (χ4v) is 3.32. The third-order valence-corrected chi connectivity index (χ3v) is 4.83. The van der Waals surface area contributed by atoms with Crippen LogP contribution in [0.5, 0.6) is 0 Å². The van der Waals surface area contributed by atoms with Gasteiger partial charge in [0.1, 0.15) is 10.8 Å². The molecule has 0 atom stereocenters. The maximum Gasteiger partial charge on any atom is 0.230 e. The molecule has 3 aromatic rings. The molecular formula is C17H12Cl2FN3OS. The molecule has 0 bridgehead atoms. The van der Waals surface area contributed by atoms with Crippen molar-refractivity contribution >= 4 is 45.6 Å².